The van der Waals surface area contributed by atoms with Gasteiger partial charge in [0, 0.05) is 22.5 Å². The first-order chi connectivity index (χ1) is 9.07. The molecule has 0 fully saturated rings. The van der Waals surface area contributed by atoms with Crippen molar-refractivity contribution in [2.75, 3.05) is 5.32 Å². The van der Waals surface area contributed by atoms with Gasteiger partial charge >= 0.3 is 0 Å². The molecule has 0 saturated heterocycles. The molecule has 0 atom stereocenters. The summed E-state index contributed by atoms with van der Waals surface area (Å²) >= 11 is 0. The van der Waals surface area contributed by atoms with Crippen LogP contribution in [0.4, 0.5) is 17.1 Å². The van der Waals surface area contributed by atoms with E-state index < -0.39 is 0 Å². The molecule has 1 heterocycles. The molecule has 0 saturated carbocycles. The topological polar surface area (TPSA) is 24.4 Å². The van der Waals surface area contributed by atoms with Gasteiger partial charge in [0.25, 0.3) is 0 Å². The van der Waals surface area contributed by atoms with Crippen molar-refractivity contribution in [1.29, 1.82) is 0 Å². The van der Waals surface area contributed by atoms with Crippen molar-refractivity contribution in [3.63, 3.8) is 0 Å². The third-order valence-corrected chi connectivity index (χ3v) is 3.93. The first-order valence-electron chi connectivity index (χ1n) is 6.60. The fraction of sp³-hybridized carbons (Fsp3) is 0.235. The maximum Gasteiger partial charge on any atom is 0.0672 e. The molecule has 96 valence electrons. The number of nitrogens with zero attached hydrogens (tertiary/aromatic N) is 1. The Balaban J connectivity index is 1.95. The molecule has 19 heavy (non-hydrogen) atoms. The van der Waals surface area contributed by atoms with Gasteiger partial charge in [0.05, 0.1) is 5.69 Å². The Kier molecular flexibility index (Phi) is 2.67. The molecule has 0 unspecified atom stereocenters. The number of anilines is 2. The number of hydrogen-bond acceptors (Lipinski definition) is 2. The van der Waals surface area contributed by atoms with Crippen molar-refractivity contribution in [3.05, 3.63) is 54.1 Å². The van der Waals surface area contributed by atoms with E-state index in [-0.39, 0.29) is 5.41 Å². The Morgan fingerprint density at radius 3 is 2.42 bits per heavy atom. The van der Waals surface area contributed by atoms with Gasteiger partial charge in [-0.25, -0.2) is 0 Å². The monoisotopic (exact) mass is 250 g/mol. The highest BCUT2D eigenvalue weighted by atomic mass is 14.9. The molecule has 0 radical (unpaired) electrons. The van der Waals surface area contributed by atoms with E-state index in [9.17, 15) is 0 Å². The minimum atomic E-state index is 0.0315. The smallest absolute Gasteiger partial charge is 0.0672 e. The molecule has 1 aliphatic rings. The van der Waals surface area contributed by atoms with Gasteiger partial charge in [-0.2, -0.15) is 0 Å². The zero-order valence-corrected chi connectivity index (χ0v) is 11.6. The number of aliphatic imine (C=N–C) groups is 1. The van der Waals surface area contributed by atoms with Gasteiger partial charge in [0.15, 0.2) is 0 Å². The lowest BCUT2D eigenvalue weighted by Gasteiger charge is -2.20. The molecule has 1 N–H and O–H groups in total. The van der Waals surface area contributed by atoms with Crippen LogP contribution in [0, 0.1) is 0 Å². The van der Waals surface area contributed by atoms with Crippen LogP contribution >= 0.6 is 0 Å². The Labute approximate surface area is 114 Å². The van der Waals surface area contributed by atoms with Gasteiger partial charge in [-0.05, 0) is 42.8 Å². The number of fused-ring (bicyclic) bond motifs is 1. The van der Waals surface area contributed by atoms with Crippen molar-refractivity contribution >= 4 is 22.8 Å². The maximum absolute atomic E-state index is 4.64. The first-order valence-corrected chi connectivity index (χ1v) is 6.60. The number of rotatable bonds is 2. The van der Waals surface area contributed by atoms with Gasteiger partial charge in [0.2, 0.25) is 0 Å². The van der Waals surface area contributed by atoms with Crippen molar-refractivity contribution in [2.24, 2.45) is 4.99 Å². The van der Waals surface area contributed by atoms with E-state index >= 15 is 0 Å². The van der Waals surface area contributed by atoms with Crippen LogP contribution < -0.4 is 5.32 Å². The number of nitrogens with one attached hydrogen (secondary N) is 1. The number of benzene rings is 2. The summed E-state index contributed by atoms with van der Waals surface area (Å²) in [6, 6.07) is 16.6. The SMILES string of the molecule is CC1=Nc2ccc(Nc3ccccc3)cc2C1(C)C. The molecule has 3 rings (SSSR count). The highest BCUT2D eigenvalue weighted by Gasteiger charge is 2.32. The predicted octanol–water partition coefficient (Wildman–Crippen LogP) is 4.81. The molecular weight excluding hydrogens is 232 g/mol. The predicted molar refractivity (Wildman–Crippen MR) is 82.0 cm³/mol. The molecule has 2 heteroatoms. The van der Waals surface area contributed by atoms with Crippen molar-refractivity contribution in [3.8, 4) is 0 Å². The lowest BCUT2D eigenvalue weighted by Crippen LogP contribution is -2.22. The molecule has 2 aromatic rings. The normalized spacial score (nSPS) is 15.8. The zero-order valence-electron chi connectivity index (χ0n) is 11.6. The average molecular weight is 250 g/mol. The van der Waals surface area contributed by atoms with Crippen LogP contribution in [0.2, 0.25) is 0 Å². The molecule has 0 bridgehead atoms. The highest BCUT2D eigenvalue weighted by molar-refractivity contribution is 6.00. The Morgan fingerprint density at radius 2 is 1.68 bits per heavy atom. The molecule has 1 aliphatic heterocycles. The van der Waals surface area contributed by atoms with Gasteiger partial charge in [-0.3, -0.25) is 4.99 Å². The number of hydrogen-bond donors (Lipinski definition) is 1. The van der Waals surface area contributed by atoms with E-state index in [1.165, 1.54) is 11.3 Å². The van der Waals surface area contributed by atoms with E-state index in [4.69, 9.17) is 0 Å². The lowest BCUT2D eigenvalue weighted by molar-refractivity contribution is 0.733. The highest BCUT2D eigenvalue weighted by Crippen LogP contribution is 2.41. The van der Waals surface area contributed by atoms with E-state index in [1.54, 1.807) is 0 Å². The van der Waals surface area contributed by atoms with Gasteiger partial charge in [-0.15, -0.1) is 0 Å². The maximum atomic E-state index is 4.64. The Morgan fingerprint density at radius 1 is 0.947 bits per heavy atom. The summed E-state index contributed by atoms with van der Waals surface area (Å²) in [6.07, 6.45) is 0. The summed E-state index contributed by atoms with van der Waals surface area (Å²) in [4.78, 5) is 4.64. The summed E-state index contributed by atoms with van der Waals surface area (Å²) in [6.45, 7) is 6.55. The summed E-state index contributed by atoms with van der Waals surface area (Å²) in [5.41, 5.74) is 5.83. The van der Waals surface area contributed by atoms with Crippen molar-refractivity contribution in [2.45, 2.75) is 26.2 Å². The Bertz CT molecular complexity index is 640. The van der Waals surface area contributed by atoms with Crippen LogP contribution in [0.5, 0.6) is 0 Å². The van der Waals surface area contributed by atoms with Crippen LogP contribution in [-0.4, -0.2) is 5.71 Å². The molecule has 0 aromatic heterocycles. The molecule has 0 spiro atoms. The van der Waals surface area contributed by atoms with E-state index in [1.807, 2.05) is 18.2 Å². The summed E-state index contributed by atoms with van der Waals surface area (Å²) in [5, 5.41) is 3.44. The van der Waals surface area contributed by atoms with Crippen LogP contribution in [0.15, 0.2) is 53.5 Å². The van der Waals surface area contributed by atoms with Crippen molar-refractivity contribution < 1.29 is 0 Å². The van der Waals surface area contributed by atoms with Crippen molar-refractivity contribution in [1.82, 2.24) is 0 Å². The minimum absolute atomic E-state index is 0.0315. The standard InChI is InChI=1S/C17H18N2/c1-12-17(2,3)15-11-14(9-10-16(15)18-12)19-13-7-5-4-6-8-13/h4-11,19H,1-3H3. The average Bonchev–Trinajstić information content (AvgIpc) is 2.62. The Hall–Kier alpha value is -2.09. The minimum Gasteiger partial charge on any atom is -0.356 e. The van der Waals surface area contributed by atoms with E-state index in [0.29, 0.717) is 0 Å². The third-order valence-electron chi connectivity index (χ3n) is 3.93. The number of para-hydroxylation sites is 1. The van der Waals surface area contributed by atoms with Crippen LogP contribution in [0.1, 0.15) is 26.3 Å². The van der Waals surface area contributed by atoms with Crippen LogP contribution in [-0.2, 0) is 5.41 Å². The second-order valence-corrected chi connectivity index (χ2v) is 5.55. The van der Waals surface area contributed by atoms with Crippen LogP contribution in [0.25, 0.3) is 0 Å². The van der Waals surface area contributed by atoms with Crippen LogP contribution in [0.3, 0.4) is 0 Å². The van der Waals surface area contributed by atoms with Gasteiger partial charge < -0.3 is 5.32 Å². The second-order valence-electron chi connectivity index (χ2n) is 5.55. The fourth-order valence-electron chi connectivity index (χ4n) is 2.42. The molecule has 0 aliphatic carbocycles. The fourth-order valence-corrected chi connectivity index (χ4v) is 2.42. The molecule has 2 nitrogen and oxygen atoms in total. The van der Waals surface area contributed by atoms with Gasteiger partial charge in [0.1, 0.15) is 0 Å². The quantitative estimate of drug-likeness (QED) is 0.812. The molecular formula is C17H18N2. The largest absolute Gasteiger partial charge is 0.356 e. The third kappa shape index (κ3) is 2.03. The molecule has 2 aromatic carbocycles. The second kappa shape index (κ2) is 4.23. The van der Waals surface area contributed by atoms with Gasteiger partial charge in [-0.1, -0.05) is 32.0 Å². The van der Waals surface area contributed by atoms with E-state index in [0.717, 1.165) is 17.1 Å². The zero-order chi connectivity index (χ0) is 13.5. The first kappa shape index (κ1) is 12.0. The lowest BCUT2D eigenvalue weighted by atomic mass is 9.82. The summed E-state index contributed by atoms with van der Waals surface area (Å²) in [7, 11) is 0. The molecule has 0 amide bonds. The van der Waals surface area contributed by atoms with E-state index in [2.05, 4.69) is 61.4 Å². The summed E-state index contributed by atoms with van der Waals surface area (Å²) in [5.74, 6) is 0. The summed E-state index contributed by atoms with van der Waals surface area (Å²) < 4.78 is 0.